The van der Waals surface area contributed by atoms with Gasteiger partial charge in [-0.15, -0.1) is 11.3 Å². The second kappa shape index (κ2) is 40.5. The highest BCUT2D eigenvalue weighted by Crippen LogP contribution is 2.46. The molecule has 0 aliphatic carbocycles. The molecule has 0 spiro atoms. The van der Waals surface area contributed by atoms with Gasteiger partial charge in [-0.2, -0.15) is 0 Å². The topological polar surface area (TPSA) is 213 Å². The van der Waals surface area contributed by atoms with Crippen molar-refractivity contribution in [1.29, 1.82) is 0 Å². The van der Waals surface area contributed by atoms with Crippen LogP contribution in [0.4, 0.5) is 0 Å². The molecule has 0 saturated carbocycles. The SMILES string of the molecule is CC(C)(C)NCc1cc(C(C)(C)C)cc(-c2ccc(Cl)s2)c1O.CC(C)(C)NCc1cc(C(C)(C)C)cc(-c2ccc3ncccc3c2)c1O.CC(C)(C)NCc1cc(C(C)(C)C)cc(-c2cccc3ncccc23)c1O.CC(C)(C)NCc1cc(C(C)(C)C)cc(-c2cnc3ccccc3c2)c1O.Cc1ccc(-c2cc(C(C)(C)C)cc(CNC(C)(C)C)c2O)cn1. The van der Waals surface area contributed by atoms with E-state index in [1.54, 1.807) is 12.4 Å². The minimum Gasteiger partial charge on any atom is -0.507 e. The van der Waals surface area contributed by atoms with E-state index < -0.39 is 0 Å². The number of nitrogens with one attached hydrogen (secondary N) is 5. The predicted molar refractivity (Wildman–Crippen MR) is 545 cm³/mol. The lowest BCUT2D eigenvalue weighted by atomic mass is 9.83. The summed E-state index contributed by atoms with van der Waals surface area (Å²) >= 11 is 7.57. The number of phenolic OH excluding ortho intramolecular Hbond substituents is 5. The van der Waals surface area contributed by atoms with Gasteiger partial charge in [-0.05, 0) is 268 Å². The maximum Gasteiger partial charge on any atom is 0.128 e. The van der Waals surface area contributed by atoms with Gasteiger partial charge in [0.1, 0.15) is 28.7 Å². The van der Waals surface area contributed by atoms with Crippen molar-refractivity contribution in [3.8, 4) is 83.7 Å². The third-order valence-electron chi connectivity index (χ3n) is 22.1. The van der Waals surface area contributed by atoms with Gasteiger partial charge >= 0.3 is 0 Å². The van der Waals surface area contributed by atoms with Crippen LogP contribution in [0, 0.1) is 6.92 Å². The quantitative estimate of drug-likeness (QED) is 0.0463. The summed E-state index contributed by atoms with van der Waals surface area (Å²) in [6.07, 6.45) is 7.29. The number of thiophene rings is 1. The van der Waals surface area contributed by atoms with Crippen molar-refractivity contribution < 1.29 is 25.5 Å². The maximum atomic E-state index is 11.1. The Bertz CT molecular complexity index is 5800. The number of aromatic nitrogens is 4. The van der Waals surface area contributed by atoms with Crippen LogP contribution in [0.1, 0.15) is 269 Å². The molecule has 16 heteroatoms. The fraction of sp³-hybridized carbons (Fsp3) is 0.411. The molecule has 0 unspecified atom stereocenters. The number of aromatic hydroxyl groups is 5. The zero-order chi connectivity index (χ0) is 95.0. The van der Waals surface area contributed by atoms with Crippen molar-refractivity contribution in [3.05, 3.63) is 266 Å². The number of rotatable bonds is 15. The Morgan fingerprint density at radius 1 is 0.281 bits per heavy atom. The summed E-state index contributed by atoms with van der Waals surface area (Å²) in [5.41, 5.74) is 22.6. The van der Waals surface area contributed by atoms with Gasteiger partial charge in [0.05, 0.1) is 20.9 Å². The first-order valence-corrected chi connectivity index (χ1v) is 46.1. The number of benzene rings is 8. The van der Waals surface area contributed by atoms with Crippen molar-refractivity contribution in [2.24, 2.45) is 0 Å². The Morgan fingerprint density at radius 2 is 0.609 bits per heavy atom. The number of halogens is 1. The van der Waals surface area contributed by atoms with E-state index in [1.165, 1.54) is 39.2 Å². The smallest absolute Gasteiger partial charge is 0.128 e. The zero-order valence-corrected chi connectivity index (χ0v) is 84.0. The van der Waals surface area contributed by atoms with Crippen LogP contribution in [0.25, 0.3) is 87.7 Å². The summed E-state index contributed by atoms with van der Waals surface area (Å²) < 4.78 is 0.731. The Labute approximate surface area is 774 Å². The number of hydrogen-bond acceptors (Lipinski definition) is 15. The lowest BCUT2D eigenvalue weighted by molar-refractivity contribution is 0.411. The van der Waals surface area contributed by atoms with Gasteiger partial charge in [-0.1, -0.05) is 200 Å². The van der Waals surface area contributed by atoms with Crippen molar-refractivity contribution >= 4 is 55.6 Å². The van der Waals surface area contributed by atoms with Crippen LogP contribution in [0.15, 0.2) is 201 Å². The molecule has 8 aromatic carbocycles. The molecular formula is C112H146ClN9O5S. The van der Waals surface area contributed by atoms with Crippen molar-refractivity contribution in [1.82, 2.24) is 46.5 Å². The van der Waals surface area contributed by atoms with Crippen LogP contribution < -0.4 is 26.6 Å². The monoisotopic (exact) mass is 1760 g/mol. The first kappa shape index (κ1) is 102. The summed E-state index contributed by atoms with van der Waals surface area (Å²) in [7, 11) is 0. The second-order valence-corrected chi connectivity index (χ2v) is 46.1. The van der Waals surface area contributed by atoms with Gasteiger partial charge < -0.3 is 52.1 Å². The molecule has 682 valence electrons. The fourth-order valence-electron chi connectivity index (χ4n) is 14.1. The van der Waals surface area contributed by atoms with E-state index in [4.69, 9.17) is 11.6 Å². The number of fused-ring (bicyclic) bond motifs is 3. The molecule has 14 nitrogen and oxygen atoms in total. The minimum absolute atomic E-state index is 0.00264. The Kier molecular flexibility index (Phi) is 32.2. The van der Waals surface area contributed by atoms with Crippen LogP contribution in [0.5, 0.6) is 28.7 Å². The Balaban J connectivity index is 0.000000181. The number of phenols is 5. The number of pyridine rings is 4. The van der Waals surface area contributed by atoms with E-state index in [9.17, 15) is 25.5 Å². The molecule has 13 aromatic rings. The average molecular weight is 1770 g/mol. The van der Waals surface area contributed by atoms with Gasteiger partial charge in [-0.3, -0.25) is 19.9 Å². The molecule has 128 heavy (non-hydrogen) atoms. The molecule has 0 saturated heterocycles. The minimum atomic E-state index is -0.0201. The van der Waals surface area contributed by atoms with Gasteiger partial charge in [0.15, 0.2) is 0 Å². The maximum absolute atomic E-state index is 11.1. The number of hydrogen-bond donors (Lipinski definition) is 10. The summed E-state index contributed by atoms with van der Waals surface area (Å²) in [4.78, 5) is 18.8. The highest BCUT2D eigenvalue weighted by molar-refractivity contribution is 7.19. The highest BCUT2D eigenvalue weighted by atomic mass is 35.5. The number of para-hydroxylation sites is 1. The van der Waals surface area contributed by atoms with Crippen LogP contribution in [0.2, 0.25) is 4.34 Å². The van der Waals surface area contributed by atoms with Gasteiger partial charge in [0, 0.05) is 179 Å². The lowest BCUT2D eigenvalue weighted by Gasteiger charge is -2.25. The van der Waals surface area contributed by atoms with E-state index in [0.29, 0.717) is 61.5 Å². The molecule has 0 aliphatic heterocycles. The van der Waals surface area contributed by atoms with E-state index in [2.05, 4.69) is 351 Å². The standard InChI is InChI=1S/3C24H30N2O.C21H30N2O.C19H26ClNOS/c1-23(2,3)17-13-16(15-26-24(4,5)6)22(27)20(14-17)18-9-7-11-21-19(18)10-8-12-25-21;1-23(2,3)19-13-18(15-26-24(4,5)6)22(27)20(14-19)16-9-10-21-17(12-16)8-7-11-25-21;1-23(2,3)19-12-18(15-26-24(4,5)6)22(27)20(13-19)17-11-16-9-7-8-10-21(16)25-14-17;1-14-8-9-15(12-22-14)18-11-17(20(2,3)4)10-16(19(18)24)13-23-21(5,6)7;1-18(2,3)13-9-12(11-21-19(4,5)6)17(22)14(10-13)15-7-8-16(20)23-15/h3*7-14,26-27H,15H2,1-6H3;8-12,23-24H,13H2,1-7H3;7-10,21-22H,11H2,1-6H3. The molecule has 5 aromatic heterocycles. The average Bonchev–Trinajstić information content (AvgIpc) is 0.825. The normalized spacial score (nSPS) is 12.5. The Morgan fingerprint density at radius 3 is 1.01 bits per heavy atom. The second-order valence-electron chi connectivity index (χ2n) is 44.4. The first-order chi connectivity index (χ1) is 59.1. The van der Waals surface area contributed by atoms with Crippen LogP contribution in [0.3, 0.4) is 0 Å². The molecule has 10 N–H and O–H groups in total. The summed E-state index contributed by atoms with van der Waals surface area (Å²) in [5, 5.41) is 75.4. The molecule has 0 bridgehead atoms. The van der Waals surface area contributed by atoms with Crippen molar-refractivity contribution in [3.63, 3.8) is 0 Å². The summed E-state index contributed by atoms with van der Waals surface area (Å²) in [5.74, 6) is 1.70. The predicted octanol–water partition coefficient (Wildman–Crippen LogP) is 28.3. The summed E-state index contributed by atoms with van der Waals surface area (Å²) in [6.45, 7) is 70.0. The summed E-state index contributed by atoms with van der Waals surface area (Å²) in [6, 6.07) is 59.3. The molecule has 5 heterocycles. The molecular weight excluding hydrogens is 1620 g/mol. The van der Waals surface area contributed by atoms with Gasteiger partial charge in [0.25, 0.3) is 0 Å². The Hall–Kier alpha value is -10.1. The first-order valence-electron chi connectivity index (χ1n) is 44.9. The number of aryl methyl sites for hydroxylation is 1. The van der Waals surface area contributed by atoms with Crippen molar-refractivity contribution in [2.75, 3.05) is 0 Å². The van der Waals surface area contributed by atoms with E-state index in [-0.39, 0.29) is 54.8 Å². The lowest BCUT2D eigenvalue weighted by Crippen LogP contribution is -2.35. The van der Waals surface area contributed by atoms with Crippen molar-refractivity contribution in [2.45, 2.75) is 302 Å². The van der Waals surface area contributed by atoms with E-state index in [0.717, 1.165) is 126 Å². The molecule has 0 radical (unpaired) electrons. The molecule has 0 atom stereocenters. The van der Waals surface area contributed by atoms with Crippen LogP contribution in [-0.2, 0) is 59.8 Å². The molecule has 0 aliphatic rings. The fourth-order valence-corrected chi connectivity index (χ4v) is 15.1. The van der Waals surface area contributed by atoms with E-state index >= 15 is 0 Å². The third kappa shape index (κ3) is 29.0. The van der Waals surface area contributed by atoms with Gasteiger partial charge in [-0.25, -0.2) is 0 Å². The van der Waals surface area contributed by atoms with Crippen LogP contribution >= 0.6 is 22.9 Å². The zero-order valence-electron chi connectivity index (χ0n) is 82.4. The van der Waals surface area contributed by atoms with Gasteiger partial charge in [0.2, 0.25) is 0 Å². The van der Waals surface area contributed by atoms with Crippen LogP contribution in [-0.4, -0.2) is 73.2 Å². The third-order valence-corrected chi connectivity index (χ3v) is 23.4. The largest absolute Gasteiger partial charge is 0.507 e. The highest BCUT2D eigenvalue weighted by Gasteiger charge is 2.29. The molecule has 0 fully saturated rings. The number of nitrogens with zero attached hydrogens (tertiary/aromatic N) is 4. The molecule has 13 rings (SSSR count). The molecule has 0 amide bonds. The van der Waals surface area contributed by atoms with E-state index in [1.807, 2.05) is 98.2 Å².